The van der Waals surface area contributed by atoms with Gasteiger partial charge in [0, 0.05) is 40.9 Å². The lowest BCUT2D eigenvalue weighted by atomic mass is 10.3. The van der Waals surface area contributed by atoms with Gasteiger partial charge in [0.1, 0.15) is 38.7 Å². The number of carbonyl (C=O) groups excluding carboxylic acids is 4. The third-order valence-electron chi connectivity index (χ3n) is 6.49. The van der Waals surface area contributed by atoms with E-state index >= 15 is 0 Å². The molecule has 0 aromatic carbocycles. The highest BCUT2D eigenvalue weighted by Crippen LogP contribution is 1.98. The summed E-state index contributed by atoms with van der Waals surface area (Å²) in [6, 6.07) is 0. The van der Waals surface area contributed by atoms with Crippen molar-refractivity contribution in [2.45, 2.75) is 18.9 Å². The number of ether oxygens (including phenoxy) is 11. The molecule has 0 aliphatic carbocycles. The molecule has 0 rings (SSSR count). The largest absolute Gasteiger partial charge is 0.396 e. The van der Waals surface area contributed by atoms with Gasteiger partial charge >= 0.3 is 0 Å². The van der Waals surface area contributed by atoms with Crippen LogP contribution in [0.25, 0.3) is 0 Å². The molecule has 55 heavy (non-hydrogen) atoms. The summed E-state index contributed by atoms with van der Waals surface area (Å²) in [5.41, 5.74) is 0. The number of rotatable bonds is 42. The molecule has 0 aromatic heterocycles. The van der Waals surface area contributed by atoms with Gasteiger partial charge in [-0.05, 0) is 12.8 Å². The lowest BCUT2D eigenvalue weighted by molar-refractivity contribution is -0.132. The first-order chi connectivity index (χ1) is 26.9. The van der Waals surface area contributed by atoms with Crippen LogP contribution in [0, 0.1) is 0 Å². The second-order valence-electron chi connectivity index (χ2n) is 11.1. The quantitative estimate of drug-likeness (QED) is 0.0288. The van der Waals surface area contributed by atoms with E-state index in [1.165, 1.54) is 7.05 Å². The van der Waals surface area contributed by atoms with Gasteiger partial charge in [-0.2, -0.15) is 0 Å². The number of unbranched alkanes of at least 4 members (excludes halogenated alkanes) is 1. The maximum Gasteiger partial charge on any atom is 0.265 e. The first-order valence-corrected chi connectivity index (χ1v) is 18.3. The van der Waals surface area contributed by atoms with Crippen molar-refractivity contribution in [3.05, 3.63) is 0 Å². The molecule has 0 atom stereocenters. The van der Waals surface area contributed by atoms with E-state index in [0.29, 0.717) is 91.9 Å². The molecule has 0 unspecified atom stereocenters. The van der Waals surface area contributed by atoms with E-state index in [4.69, 9.17) is 56.9 Å². The predicted molar refractivity (Wildman–Crippen MR) is 197 cm³/mol. The lowest BCUT2D eigenvalue weighted by Gasteiger charge is -2.18. The van der Waals surface area contributed by atoms with Crippen LogP contribution in [-0.2, 0) is 76.1 Å². The van der Waals surface area contributed by atoms with Gasteiger partial charge in [-0.25, -0.2) is 0 Å². The van der Waals surface area contributed by atoms with E-state index in [2.05, 4.69) is 26.4 Å². The number of nitrogens with one attached hydrogen (secondary N) is 4. The number of hydrogen-bond donors (Lipinski definition) is 4. The number of amides is 4. The number of oxime groups is 1. The maximum atomic E-state index is 12.3. The van der Waals surface area contributed by atoms with Crippen LogP contribution in [-0.4, -0.2) is 209 Å². The molecule has 0 spiro atoms. The SMILES string of the molecule is CNC(=O)/C=N\OCCCCNC(=O)COC(COCCOCCNC(=O)COCCOCCOC)COCCOCCNC(=O)COCCOCCOC. The molecule has 4 N–H and O–H groups in total. The van der Waals surface area contributed by atoms with Gasteiger partial charge in [-0.15, -0.1) is 0 Å². The summed E-state index contributed by atoms with van der Waals surface area (Å²) < 4.78 is 58.9. The van der Waals surface area contributed by atoms with Crippen LogP contribution in [0.4, 0.5) is 0 Å². The Bertz CT molecular complexity index is 907. The Labute approximate surface area is 324 Å². The third kappa shape index (κ3) is 40.4. The Morgan fingerprint density at radius 1 is 0.509 bits per heavy atom. The van der Waals surface area contributed by atoms with Gasteiger partial charge in [0.25, 0.3) is 5.91 Å². The fraction of sp³-hybridized carbons (Fsp3) is 0.853. The van der Waals surface area contributed by atoms with Crippen molar-refractivity contribution in [3.8, 4) is 0 Å². The summed E-state index contributed by atoms with van der Waals surface area (Å²) in [6.07, 6.45) is 1.76. The third-order valence-corrected chi connectivity index (χ3v) is 6.49. The van der Waals surface area contributed by atoms with Crippen LogP contribution in [0.15, 0.2) is 5.16 Å². The number of methoxy groups -OCH3 is 2. The molecule has 0 saturated heterocycles. The molecule has 0 heterocycles. The zero-order chi connectivity index (χ0) is 40.3. The Hall–Kier alpha value is -3.09. The minimum Gasteiger partial charge on any atom is -0.396 e. The molecule has 0 aliphatic heterocycles. The molecule has 0 aliphatic rings. The Morgan fingerprint density at radius 3 is 1.45 bits per heavy atom. The summed E-state index contributed by atoms with van der Waals surface area (Å²) >= 11 is 0. The number of hydrogen-bond acceptors (Lipinski definition) is 17. The number of carbonyl (C=O) groups is 4. The minimum atomic E-state index is -0.549. The minimum absolute atomic E-state index is 0.0714. The average Bonchev–Trinajstić information content (AvgIpc) is 3.18. The van der Waals surface area contributed by atoms with Crippen LogP contribution in [0.5, 0.6) is 0 Å². The van der Waals surface area contributed by atoms with Crippen molar-refractivity contribution in [2.75, 3.05) is 173 Å². The van der Waals surface area contributed by atoms with Crippen molar-refractivity contribution < 1.29 is 76.1 Å². The van der Waals surface area contributed by atoms with E-state index in [1.54, 1.807) is 14.2 Å². The smallest absolute Gasteiger partial charge is 0.265 e. The highest BCUT2D eigenvalue weighted by atomic mass is 16.6. The molecule has 4 amide bonds. The molecule has 0 saturated carbocycles. The van der Waals surface area contributed by atoms with Crippen LogP contribution in [0.3, 0.4) is 0 Å². The second kappa shape index (κ2) is 42.1. The van der Waals surface area contributed by atoms with E-state index in [-0.39, 0.29) is 96.3 Å². The molecular weight excluding hydrogens is 734 g/mol. The van der Waals surface area contributed by atoms with Crippen molar-refractivity contribution in [1.29, 1.82) is 0 Å². The summed E-state index contributed by atoms with van der Waals surface area (Å²) in [5.74, 6) is -1.18. The van der Waals surface area contributed by atoms with Crippen LogP contribution in [0.2, 0.25) is 0 Å². The van der Waals surface area contributed by atoms with E-state index in [9.17, 15) is 19.2 Å². The molecule has 21 nitrogen and oxygen atoms in total. The van der Waals surface area contributed by atoms with Gasteiger partial charge in [-0.3, -0.25) is 19.2 Å². The molecule has 0 aromatic rings. The molecule has 0 fully saturated rings. The van der Waals surface area contributed by atoms with Crippen molar-refractivity contribution in [2.24, 2.45) is 5.16 Å². The van der Waals surface area contributed by atoms with Crippen LogP contribution >= 0.6 is 0 Å². The van der Waals surface area contributed by atoms with Crippen molar-refractivity contribution in [3.63, 3.8) is 0 Å². The predicted octanol–water partition coefficient (Wildman–Crippen LogP) is -2.33. The zero-order valence-corrected chi connectivity index (χ0v) is 32.8. The summed E-state index contributed by atoms with van der Waals surface area (Å²) in [7, 11) is 4.67. The molecule has 0 radical (unpaired) electrons. The Kier molecular flexibility index (Phi) is 39.7. The first kappa shape index (κ1) is 51.9. The summed E-state index contributed by atoms with van der Waals surface area (Å²) in [4.78, 5) is 52.0. The number of nitrogens with zero attached hydrogens (tertiary/aromatic N) is 1. The fourth-order valence-electron chi connectivity index (χ4n) is 3.66. The topological polar surface area (TPSA) is 240 Å². The van der Waals surface area contributed by atoms with Crippen molar-refractivity contribution in [1.82, 2.24) is 21.3 Å². The standard InChI is InChI=1S/C34H65N5O16/c1-35-31(40)24-39-55-9-5-4-6-36-34(43)29-54-30(25-50-20-16-46-10-7-37-32(41)27-52-22-18-48-14-12-44-2)26-51-21-17-47-11-8-38-33(42)28-53-23-19-49-15-13-45-3/h24,30H,4-23,25-29H2,1-3H3,(H,35,40)(H,36,43)(H,37,41)(H,38,42)/b39-24-. The fourth-order valence-corrected chi connectivity index (χ4v) is 3.66. The Balaban J connectivity index is 4.24. The molecule has 21 heteroatoms. The van der Waals surface area contributed by atoms with E-state index in [0.717, 1.165) is 6.21 Å². The molecular formula is C34H65N5O16. The molecule has 0 bridgehead atoms. The Morgan fingerprint density at radius 2 is 0.945 bits per heavy atom. The average molecular weight is 800 g/mol. The second-order valence-corrected chi connectivity index (χ2v) is 11.1. The van der Waals surface area contributed by atoms with Gasteiger partial charge in [0.15, 0.2) is 0 Å². The molecule has 322 valence electrons. The monoisotopic (exact) mass is 799 g/mol. The van der Waals surface area contributed by atoms with Gasteiger partial charge in [0.2, 0.25) is 17.7 Å². The van der Waals surface area contributed by atoms with Crippen LogP contribution < -0.4 is 21.3 Å². The zero-order valence-electron chi connectivity index (χ0n) is 32.8. The highest BCUT2D eigenvalue weighted by molar-refractivity contribution is 6.25. The van der Waals surface area contributed by atoms with Crippen molar-refractivity contribution >= 4 is 29.8 Å². The summed E-state index contributed by atoms with van der Waals surface area (Å²) in [5, 5.41) is 14.1. The van der Waals surface area contributed by atoms with E-state index < -0.39 is 6.10 Å². The normalized spacial score (nSPS) is 11.3. The van der Waals surface area contributed by atoms with E-state index in [1.807, 2.05) is 0 Å². The van der Waals surface area contributed by atoms with Gasteiger partial charge in [0.05, 0.1) is 106 Å². The van der Waals surface area contributed by atoms with Crippen LogP contribution in [0.1, 0.15) is 12.8 Å². The first-order valence-electron chi connectivity index (χ1n) is 18.3. The lowest BCUT2D eigenvalue weighted by Crippen LogP contribution is -2.34. The summed E-state index contributed by atoms with van der Waals surface area (Å²) in [6.45, 7) is 6.22. The van der Waals surface area contributed by atoms with Gasteiger partial charge in [-0.1, -0.05) is 5.16 Å². The highest BCUT2D eigenvalue weighted by Gasteiger charge is 2.13. The van der Waals surface area contributed by atoms with Gasteiger partial charge < -0.3 is 78.2 Å². The maximum absolute atomic E-state index is 12.3.